The van der Waals surface area contributed by atoms with E-state index in [-0.39, 0.29) is 5.56 Å². The number of hydrogen-bond acceptors (Lipinski definition) is 7. The monoisotopic (exact) mass is 458 g/mol. The quantitative estimate of drug-likeness (QED) is 0.583. The van der Waals surface area contributed by atoms with Crippen LogP contribution in [0.15, 0.2) is 35.1 Å². The van der Waals surface area contributed by atoms with Crippen LogP contribution >= 0.6 is 11.6 Å². The molecule has 0 saturated carbocycles. The van der Waals surface area contributed by atoms with Crippen molar-refractivity contribution in [3.8, 4) is 17.2 Å². The second-order valence-electron chi connectivity index (χ2n) is 7.72. The highest BCUT2D eigenvalue weighted by Crippen LogP contribution is 2.40. The Labute approximate surface area is 191 Å². The van der Waals surface area contributed by atoms with Gasteiger partial charge in [-0.1, -0.05) is 17.7 Å². The Balaban J connectivity index is 1.41. The van der Waals surface area contributed by atoms with Gasteiger partial charge in [0.1, 0.15) is 5.82 Å². The van der Waals surface area contributed by atoms with Crippen LogP contribution in [0.4, 0.5) is 0 Å². The van der Waals surface area contributed by atoms with Crippen LogP contribution in [0.1, 0.15) is 11.4 Å². The minimum absolute atomic E-state index is 0.138. The molecule has 8 nitrogen and oxygen atoms in total. The summed E-state index contributed by atoms with van der Waals surface area (Å²) in [5.41, 5.74) is 1.53. The smallest absolute Gasteiger partial charge is 0.258 e. The zero-order valence-electron chi connectivity index (χ0n) is 18.5. The molecule has 2 aromatic carbocycles. The van der Waals surface area contributed by atoms with Gasteiger partial charge in [-0.05, 0) is 24.3 Å². The number of hydrogen-bond donors (Lipinski definition) is 1. The molecule has 1 aromatic heterocycles. The number of fused-ring (bicyclic) bond motifs is 1. The van der Waals surface area contributed by atoms with E-state index < -0.39 is 0 Å². The summed E-state index contributed by atoms with van der Waals surface area (Å²) >= 11 is 6.06. The van der Waals surface area contributed by atoms with Crippen molar-refractivity contribution in [2.24, 2.45) is 0 Å². The lowest BCUT2D eigenvalue weighted by Crippen LogP contribution is -2.45. The van der Waals surface area contributed by atoms with Crippen LogP contribution in [0.2, 0.25) is 5.02 Å². The molecule has 1 aliphatic heterocycles. The average Bonchev–Trinajstić information content (AvgIpc) is 2.79. The summed E-state index contributed by atoms with van der Waals surface area (Å²) in [5, 5.41) is 1.12. The number of ether oxygens (including phenoxy) is 3. The van der Waals surface area contributed by atoms with E-state index in [0.717, 1.165) is 38.3 Å². The second-order valence-corrected chi connectivity index (χ2v) is 8.16. The third-order valence-corrected chi connectivity index (χ3v) is 5.97. The molecular weight excluding hydrogens is 432 g/mol. The number of nitrogens with zero attached hydrogens (tertiary/aromatic N) is 3. The lowest BCUT2D eigenvalue weighted by Gasteiger charge is -2.34. The van der Waals surface area contributed by atoms with E-state index >= 15 is 0 Å². The normalized spacial score (nSPS) is 15.1. The van der Waals surface area contributed by atoms with Gasteiger partial charge in [-0.2, -0.15) is 0 Å². The van der Waals surface area contributed by atoms with Crippen LogP contribution in [-0.4, -0.2) is 67.3 Å². The fourth-order valence-corrected chi connectivity index (χ4v) is 4.25. The highest BCUT2D eigenvalue weighted by molar-refractivity contribution is 6.31. The molecular formula is C23H27ClN4O4. The molecule has 1 saturated heterocycles. The van der Waals surface area contributed by atoms with Crippen LogP contribution < -0.4 is 19.8 Å². The van der Waals surface area contributed by atoms with Crippen molar-refractivity contribution in [2.45, 2.75) is 13.1 Å². The molecule has 0 spiro atoms. The van der Waals surface area contributed by atoms with Crippen molar-refractivity contribution in [2.75, 3.05) is 47.5 Å². The van der Waals surface area contributed by atoms with Crippen LogP contribution in [0.3, 0.4) is 0 Å². The van der Waals surface area contributed by atoms with Gasteiger partial charge in [0.15, 0.2) is 11.5 Å². The average molecular weight is 459 g/mol. The van der Waals surface area contributed by atoms with Gasteiger partial charge in [-0.3, -0.25) is 14.6 Å². The Kier molecular flexibility index (Phi) is 6.83. The molecule has 1 N–H and O–H groups in total. The van der Waals surface area contributed by atoms with Crippen molar-refractivity contribution >= 4 is 22.5 Å². The molecule has 32 heavy (non-hydrogen) atoms. The number of nitrogens with one attached hydrogen (secondary N) is 1. The van der Waals surface area contributed by atoms with E-state index in [2.05, 4.69) is 19.8 Å². The van der Waals surface area contributed by atoms with Crippen LogP contribution in [0.25, 0.3) is 10.9 Å². The molecule has 4 rings (SSSR count). The number of benzene rings is 2. The summed E-state index contributed by atoms with van der Waals surface area (Å²) in [6, 6.07) is 9.05. The zero-order valence-corrected chi connectivity index (χ0v) is 19.2. The van der Waals surface area contributed by atoms with E-state index in [0.29, 0.717) is 45.5 Å². The van der Waals surface area contributed by atoms with Crippen molar-refractivity contribution in [1.82, 2.24) is 19.8 Å². The molecule has 2 heterocycles. The first kappa shape index (κ1) is 22.4. The number of methoxy groups -OCH3 is 3. The first-order valence-corrected chi connectivity index (χ1v) is 10.8. The first-order chi connectivity index (χ1) is 15.5. The van der Waals surface area contributed by atoms with Crippen molar-refractivity contribution in [3.05, 3.63) is 57.1 Å². The van der Waals surface area contributed by atoms with Gasteiger partial charge in [0.25, 0.3) is 5.56 Å². The number of aromatic amines is 1. The van der Waals surface area contributed by atoms with Gasteiger partial charge in [0.2, 0.25) is 5.75 Å². The number of piperazine rings is 1. The molecule has 0 unspecified atom stereocenters. The minimum atomic E-state index is -0.138. The van der Waals surface area contributed by atoms with Gasteiger partial charge in [0.05, 0.1) is 38.8 Å². The molecule has 0 aliphatic carbocycles. The number of H-pyrrole nitrogens is 1. The van der Waals surface area contributed by atoms with Gasteiger partial charge in [-0.25, -0.2) is 4.98 Å². The fourth-order valence-electron chi connectivity index (χ4n) is 4.08. The summed E-state index contributed by atoms with van der Waals surface area (Å²) in [7, 11) is 4.87. The van der Waals surface area contributed by atoms with Crippen molar-refractivity contribution in [3.63, 3.8) is 0 Å². The van der Waals surface area contributed by atoms with Crippen LogP contribution in [0.5, 0.6) is 17.2 Å². The van der Waals surface area contributed by atoms with E-state index in [1.165, 1.54) is 0 Å². The number of aromatic nitrogens is 2. The maximum Gasteiger partial charge on any atom is 0.258 e. The van der Waals surface area contributed by atoms with E-state index in [1.54, 1.807) is 39.5 Å². The zero-order chi connectivity index (χ0) is 22.7. The summed E-state index contributed by atoms with van der Waals surface area (Å²) in [4.78, 5) is 24.5. The summed E-state index contributed by atoms with van der Waals surface area (Å²) < 4.78 is 16.5. The predicted molar refractivity (Wildman–Crippen MR) is 124 cm³/mol. The van der Waals surface area contributed by atoms with Gasteiger partial charge in [0, 0.05) is 43.3 Å². The molecule has 1 aliphatic rings. The minimum Gasteiger partial charge on any atom is -0.493 e. The van der Waals surface area contributed by atoms with Gasteiger partial charge in [-0.15, -0.1) is 0 Å². The van der Waals surface area contributed by atoms with Crippen molar-refractivity contribution in [1.29, 1.82) is 0 Å². The Morgan fingerprint density at radius 3 is 2.28 bits per heavy atom. The van der Waals surface area contributed by atoms with Crippen LogP contribution in [0, 0.1) is 0 Å². The van der Waals surface area contributed by atoms with E-state index in [1.807, 2.05) is 12.1 Å². The van der Waals surface area contributed by atoms with Crippen molar-refractivity contribution < 1.29 is 14.2 Å². The first-order valence-electron chi connectivity index (χ1n) is 10.4. The highest BCUT2D eigenvalue weighted by atomic mass is 35.5. The van der Waals surface area contributed by atoms with E-state index in [9.17, 15) is 4.79 Å². The Morgan fingerprint density at radius 1 is 0.938 bits per heavy atom. The molecule has 0 amide bonds. The predicted octanol–water partition coefficient (Wildman–Crippen LogP) is 2.92. The van der Waals surface area contributed by atoms with Gasteiger partial charge >= 0.3 is 0 Å². The molecule has 170 valence electrons. The molecule has 3 aromatic rings. The summed E-state index contributed by atoms with van der Waals surface area (Å²) in [5.74, 6) is 2.61. The lowest BCUT2D eigenvalue weighted by molar-refractivity contribution is 0.119. The largest absolute Gasteiger partial charge is 0.493 e. The third kappa shape index (κ3) is 4.67. The Bertz CT molecular complexity index is 1160. The standard InChI is InChI=1S/C23H27ClN4O4/c1-30-19-7-4-15(21(31-2)22(19)32-3)13-27-8-10-28(11-9-27)14-20-25-18-12-16(24)5-6-17(18)23(29)26-20/h4-7,12H,8-11,13-14H2,1-3H3,(H,25,26,29). The molecule has 9 heteroatoms. The Morgan fingerprint density at radius 2 is 1.62 bits per heavy atom. The van der Waals surface area contributed by atoms with E-state index in [4.69, 9.17) is 25.8 Å². The number of halogens is 1. The maximum atomic E-state index is 12.4. The van der Waals surface area contributed by atoms with Crippen LogP contribution in [-0.2, 0) is 13.1 Å². The number of rotatable bonds is 7. The summed E-state index contributed by atoms with van der Waals surface area (Å²) in [6.07, 6.45) is 0. The Hall–Kier alpha value is -2.81. The molecule has 0 atom stereocenters. The fraction of sp³-hybridized carbons (Fsp3) is 0.391. The van der Waals surface area contributed by atoms with Gasteiger partial charge < -0.3 is 19.2 Å². The summed E-state index contributed by atoms with van der Waals surface area (Å²) in [6.45, 7) is 4.86. The maximum absolute atomic E-state index is 12.4. The molecule has 0 radical (unpaired) electrons. The second kappa shape index (κ2) is 9.77. The lowest BCUT2D eigenvalue weighted by atomic mass is 10.1. The molecule has 0 bridgehead atoms. The molecule has 1 fully saturated rings. The SMILES string of the molecule is COc1ccc(CN2CCN(Cc3nc4cc(Cl)ccc4c(=O)[nH]3)CC2)c(OC)c1OC. The highest BCUT2D eigenvalue weighted by Gasteiger charge is 2.22. The topological polar surface area (TPSA) is 79.9 Å². The third-order valence-electron chi connectivity index (χ3n) is 5.74.